The topological polar surface area (TPSA) is 155 Å². The number of β-lactam (4-membered cyclic amide) rings is 1. The number of benzene rings is 2. The highest BCUT2D eigenvalue weighted by atomic mass is 32.2. The highest BCUT2D eigenvalue weighted by Crippen LogP contribution is 2.41. The zero-order chi connectivity index (χ0) is 28.2. The van der Waals surface area contributed by atoms with E-state index in [0.717, 1.165) is 16.6 Å². The smallest absolute Gasteiger partial charge is 0.334 e. The van der Waals surface area contributed by atoms with E-state index in [4.69, 9.17) is 15.9 Å². The van der Waals surface area contributed by atoms with E-state index < -0.39 is 47.3 Å². The summed E-state index contributed by atoms with van der Waals surface area (Å²) in [6.45, 7) is 0. The van der Waals surface area contributed by atoms with Crippen molar-refractivity contribution in [1.29, 1.82) is 5.41 Å². The Morgan fingerprint density at radius 3 is 2.23 bits per heavy atom. The fourth-order valence-electron chi connectivity index (χ4n) is 4.57. The molecule has 5 N–H and O–H groups in total. The van der Waals surface area contributed by atoms with E-state index in [9.17, 15) is 19.2 Å². The van der Waals surface area contributed by atoms with Gasteiger partial charge in [-0.3, -0.25) is 25.1 Å². The van der Waals surface area contributed by atoms with Crippen LogP contribution in [0.1, 0.15) is 22.1 Å². The maximum Gasteiger partial charge on any atom is 0.334 e. The number of ether oxygens (including phenoxy) is 1. The zero-order valence-corrected chi connectivity index (χ0v) is 22.6. The van der Waals surface area contributed by atoms with Gasteiger partial charge < -0.3 is 20.7 Å². The summed E-state index contributed by atoms with van der Waals surface area (Å²) >= 11 is 2.56. The van der Waals surface area contributed by atoms with Gasteiger partial charge in [-0.2, -0.15) is 0 Å². The van der Waals surface area contributed by atoms with Crippen LogP contribution in [0.3, 0.4) is 0 Å². The molecular formula is C28H25N5O5S2. The van der Waals surface area contributed by atoms with Gasteiger partial charge in [-0.15, -0.1) is 23.1 Å². The maximum absolute atomic E-state index is 13.8. The first kappa shape index (κ1) is 27.2. The number of nitrogens with one attached hydrogen (secondary N) is 3. The van der Waals surface area contributed by atoms with Crippen molar-refractivity contribution < 1.29 is 23.9 Å². The number of amides is 3. The van der Waals surface area contributed by atoms with Gasteiger partial charge in [-0.1, -0.05) is 66.7 Å². The number of hydrogen-bond acceptors (Lipinski definition) is 8. The number of hydrogen-bond donors (Lipinski definition) is 4. The molecule has 2 aromatic carbocycles. The molecular weight excluding hydrogens is 550 g/mol. The molecule has 0 radical (unpaired) electrons. The minimum absolute atomic E-state index is 0.0852. The second-order valence-corrected chi connectivity index (χ2v) is 11.1. The van der Waals surface area contributed by atoms with Crippen molar-refractivity contribution in [2.45, 2.75) is 30.0 Å². The molecule has 3 heterocycles. The fraction of sp³-hybridized carbons (Fsp3) is 0.179. The number of nitrogens with zero attached hydrogens (tertiary/aromatic N) is 1. The minimum Gasteiger partial charge on any atom is -0.451 e. The summed E-state index contributed by atoms with van der Waals surface area (Å²) in [5.41, 5.74) is 6.69. The van der Waals surface area contributed by atoms with E-state index in [2.05, 4.69) is 10.6 Å². The zero-order valence-electron chi connectivity index (χ0n) is 21.0. The van der Waals surface area contributed by atoms with Crippen molar-refractivity contribution in [2.24, 2.45) is 5.73 Å². The quantitative estimate of drug-likeness (QED) is 0.139. The Morgan fingerprint density at radius 1 is 1.00 bits per heavy atom. The van der Waals surface area contributed by atoms with Gasteiger partial charge in [-0.05, 0) is 28.0 Å². The molecule has 40 heavy (non-hydrogen) atoms. The normalized spacial score (nSPS) is 19.6. The molecule has 204 valence electrons. The highest BCUT2D eigenvalue weighted by molar-refractivity contribution is 8.03. The molecule has 2 aliphatic heterocycles. The molecule has 2 aliphatic rings. The van der Waals surface area contributed by atoms with Crippen LogP contribution < -0.4 is 16.4 Å². The second kappa shape index (κ2) is 11.8. The van der Waals surface area contributed by atoms with Crippen molar-refractivity contribution in [2.75, 3.05) is 0 Å². The number of nitrogens with two attached hydrogens (primary N) is 1. The standard InChI is InChI=1S/C28H25N5O5S2/c29-28(30)32-24(35)19-15-40-26-21(31-20(34)14-18-12-7-13-39-18)25(36)33(26)22(19)27(37)38-23(16-8-3-1-4-9-16)17-10-5-2-6-11-17/h1-13,15,21-23,26H,14H2,(H,31,34)(H4,29,30,32,35)/t21?,22?,26-/m0/s1. The van der Waals surface area contributed by atoms with Crippen LogP contribution in [0.4, 0.5) is 0 Å². The molecule has 10 nitrogen and oxygen atoms in total. The number of thiophene rings is 1. The number of guanidine groups is 1. The van der Waals surface area contributed by atoms with Gasteiger partial charge in [0.1, 0.15) is 11.4 Å². The highest BCUT2D eigenvalue weighted by Gasteiger charge is 2.57. The van der Waals surface area contributed by atoms with Crippen LogP contribution in [-0.2, 0) is 30.3 Å². The average molecular weight is 576 g/mol. The summed E-state index contributed by atoms with van der Waals surface area (Å²) < 4.78 is 6.00. The molecule has 0 bridgehead atoms. The van der Waals surface area contributed by atoms with E-state index in [1.54, 1.807) is 0 Å². The molecule has 3 aromatic rings. The van der Waals surface area contributed by atoms with Gasteiger partial charge in [0.2, 0.25) is 11.8 Å². The summed E-state index contributed by atoms with van der Waals surface area (Å²) in [5.74, 6) is -3.07. The van der Waals surface area contributed by atoms with Crippen molar-refractivity contribution in [3.05, 3.63) is 105 Å². The SMILES string of the molecule is N=C(N)NC(=O)C1=CS[C@H]2C(NC(=O)Cc3cccs3)C(=O)N2C1C(=O)OC(c1ccccc1)c1ccccc1. The molecule has 0 aliphatic carbocycles. The Kier molecular flexibility index (Phi) is 7.99. The van der Waals surface area contributed by atoms with E-state index in [0.29, 0.717) is 11.1 Å². The Bertz CT molecular complexity index is 1420. The summed E-state index contributed by atoms with van der Waals surface area (Å²) in [7, 11) is 0. The van der Waals surface area contributed by atoms with Crippen LogP contribution in [0, 0.1) is 5.41 Å². The predicted molar refractivity (Wildman–Crippen MR) is 151 cm³/mol. The summed E-state index contributed by atoms with van der Waals surface area (Å²) in [6.07, 6.45) is -0.680. The molecule has 0 saturated carbocycles. The molecule has 3 atom stereocenters. The van der Waals surface area contributed by atoms with Gasteiger partial charge in [0.25, 0.3) is 5.91 Å². The number of carbonyl (C=O) groups excluding carboxylic acids is 4. The van der Waals surface area contributed by atoms with Crippen molar-refractivity contribution in [3.8, 4) is 0 Å². The van der Waals surface area contributed by atoms with Crippen LogP contribution >= 0.6 is 23.1 Å². The van der Waals surface area contributed by atoms with Crippen LogP contribution in [0.25, 0.3) is 0 Å². The molecule has 1 aromatic heterocycles. The Balaban J connectivity index is 1.41. The number of fused-ring (bicyclic) bond motifs is 1. The number of rotatable bonds is 8. The third kappa shape index (κ3) is 5.63. The molecule has 3 amide bonds. The van der Waals surface area contributed by atoms with Crippen molar-refractivity contribution in [1.82, 2.24) is 15.5 Å². The van der Waals surface area contributed by atoms with Crippen molar-refractivity contribution >= 4 is 52.7 Å². The van der Waals surface area contributed by atoms with Crippen molar-refractivity contribution in [3.63, 3.8) is 0 Å². The number of esters is 1. The van der Waals surface area contributed by atoms with Gasteiger partial charge in [0, 0.05) is 4.88 Å². The minimum atomic E-state index is -1.40. The van der Waals surface area contributed by atoms with Gasteiger partial charge in [0.15, 0.2) is 18.1 Å². The van der Waals surface area contributed by atoms with E-state index >= 15 is 0 Å². The van der Waals surface area contributed by atoms with E-state index in [-0.39, 0.29) is 17.9 Å². The lowest BCUT2D eigenvalue weighted by Crippen LogP contribution is -2.74. The van der Waals surface area contributed by atoms with Crippen LogP contribution in [0.2, 0.25) is 0 Å². The lowest BCUT2D eigenvalue weighted by Gasteiger charge is -2.51. The van der Waals surface area contributed by atoms with Gasteiger partial charge in [0.05, 0.1) is 12.0 Å². The number of carbonyl (C=O) groups is 4. The molecule has 2 unspecified atom stereocenters. The van der Waals surface area contributed by atoms with E-state index in [1.807, 2.05) is 78.2 Å². The second-order valence-electron chi connectivity index (χ2n) is 9.06. The molecule has 5 rings (SSSR count). The van der Waals surface area contributed by atoms with Crippen LogP contribution in [0.5, 0.6) is 0 Å². The summed E-state index contributed by atoms with van der Waals surface area (Å²) in [6, 6.07) is 19.6. The molecule has 1 saturated heterocycles. The van der Waals surface area contributed by atoms with Crippen LogP contribution in [-0.4, -0.2) is 52.0 Å². The summed E-state index contributed by atoms with van der Waals surface area (Å²) in [5, 5.41) is 15.1. The maximum atomic E-state index is 13.8. The predicted octanol–water partition coefficient (Wildman–Crippen LogP) is 2.29. The van der Waals surface area contributed by atoms with Gasteiger partial charge >= 0.3 is 5.97 Å². The lowest BCUT2D eigenvalue weighted by atomic mass is 9.96. The molecule has 0 spiro atoms. The first-order valence-corrected chi connectivity index (χ1v) is 14.1. The van der Waals surface area contributed by atoms with E-state index in [1.165, 1.54) is 21.6 Å². The Morgan fingerprint density at radius 2 is 1.65 bits per heavy atom. The largest absolute Gasteiger partial charge is 0.451 e. The third-order valence-corrected chi connectivity index (χ3v) is 8.44. The third-order valence-electron chi connectivity index (χ3n) is 6.39. The van der Waals surface area contributed by atoms with Crippen LogP contribution in [0.15, 0.2) is 89.2 Å². The average Bonchev–Trinajstić information content (AvgIpc) is 3.47. The fourth-order valence-corrected chi connectivity index (χ4v) is 6.49. The Hall–Kier alpha value is -4.42. The Labute approximate surface area is 238 Å². The van der Waals surface area contributed by atoms with Gasteiger partial charge in [-0.25, -0.2) is 4.79 Å². The molecule has 12 heteroatoms. The lowest BCUT2D eigenvalue weighted by molar-refractivity contribution is -0.165. The number of thioether (sulfide) groups is 1. The first-order chi connectivity index (χ1) is 19.3. The summed E-state index contributed by atoms with van der Waals surface area (Å²) in [4.78, 5) is 54.8. The molecule has 1 fully saturated rings. The first-order valence-electron chi connectivity index (χ1n) is 12.3. The monoisotopic (exact) mass is 575 g/mol.